The normalized spacial score (nSPS) is 11.1. The van der Waals surface area contributed by atoms with Crippen molar-refractivity contribution < 1.29 is 4.43 Å². The topological polar surface area (TPSA) is 9.23 Å². The fourth-order valence-corrected chi connectivity index (χ4v) is 1.48. The molecule has 11 heavy (non-hydrogen) atoms. The molecule has 0 aliphatic rings. The van der Waals surface area contributed by atoms with Crippen LogP contribution in [0.5, 0.6) is 0 Å². The molecular weight excluding hydrogens is 152 g/mol. The second-order valence-corrected chi connectivity index (χ2v) is 4.05. The van der Waals surface area contributed by atoms with Crippen LogP contribution in [0.1, 0.15) is 27.7 Å². The molecule has 0 unspecified atom stereocenters. The standard InChI is InChI=1S/C9H20OSi/c1-7(2)9(8(3)4)5-6-10-11/h5,7-8H,6H2,1-4,11H3. The van der Waals surface area contributed by atoms with Crippen LogP contribution >= 0.6 is 0 Å². The van der Waals surface area contributed by atoms with Gasteiger partial charge in [0.15, 0.2) is 0 Å². The number of hydrogen-bond acceptors (Lipinski definition) is 1. The zero-order valence-corrected chi connectivity index (χ0v) is 10.3. The Morgan fingerprint density at radius 1 is 1.27 bits per heavy atom. The molecule has 0 aliphatic carbocycles. The highest BCUT2D eigenvalue weighted by Gasteiger charge is 2.06. The van der Waals surface area contributed by atoms with Gasteiger partial charge in [0, 0.05) is 0 Å². The summed E-state index contributed by atoms with van der Waals surface area (Å²) in [5.41, 5.74) is 1.51. The Hall–Kier alpha value is -0.0831. The first-order valence-electron chi connectivity index (χ1n) is 4.28. The monoisotopic (exact) mass is 172 g/mol. The first kappa shape index (κ1) is 10.9. The second kappa shape index (κ2) is 5.55. The Kier molecular flexibility index (Phi) is 5.51. The molecule has 0 fully saturated rings. The average molecular weight is 172 g/mol. The molecule has 66 valence electrons. The average Bonchev–Trinajstić information content (AvgIpc) is 1.87. The Labute approximate surface area is 73.4 Å². The van der Waals surface area contributed by atoms with Crippen molar-refractivity contribution >= 4 is 10.5 Å². The molecule has 0 saturated carbocycles. The zero-order chi connectivity index (χ0) is 8.85. The molecule has 0 aliphatic heterocycles. The Morgan fingerprint density at radius 2 is 1.73 bits per heavy atom. The van der Waals surface area contributed by atoms with Gasteiger partial charge in [-0.25, -0.2) is 0 Å². The van der Waals surface area contributed by atoms with E-state index in [4.69, 9.17) is 4.43 Å². The molecule has 0 N–H and O–H groups in total. The van der Waals surface area contributed by atoms with Crippen molar-refractivity contribution in [1.82, 2.24) is 0 Å². The van der Waals surface area contributed by atoms with E-state index < -0.39 is 0 Å². The van der Waals surface area contributed by atoms with E-state index in [0.717, 1.165) is 17.1 Å². The zero-order valence-electron chi connectivity index (χ0n) is 8.35. The van der Waals surface area contributed by atoms with Gasteiger partial charge in [-0.1, -0.05) is 39.3 Å². The lowest BCUT2D eigenvalue weighted by Crippen LogP contribution is -2.03. The molecule has 0 bridgehead atoms. The number of hydrogen-bond donors (Lipinski definition) is 0. The molecule has 0 rings (SSSR count). The van der Waals surface area contributed by atoms with E-state index in [1.807, 2.05) is 0 Å². The maximum absolute atomic E-state index is 5.14. The van der Waals surface area contributed by atoms with E-state index in [-0.39, 0.29) is 0 Å². The summed E-state index contributed by atoms with van der Waals surface area (Å²) in [5.74, 6) is 1.32. The third-order valence-corrected chi connectivity index (χ3v) is 2.15. The predicted molar refractivity (Wildman–Crippen MR) is 53.7 cm³/mol. The van der Waals surface area contributed by atoms with Crippen molar-refractivity contribution in [3.63, 3.8) is 0 Å². The lowest BCUT2D eigenvalue weighted by Gasteiger charge is -2.15. The van der Waals surface area contributed by atoms with Gasteiger partial charge in [-0.3, -0.25) is 0 Å². The maximum Gasteiger partial charge on any atom is 0.146 e. The van der Waals surface area contributed by atoms with Crippen LogP contribution in [0.3, 0.4) is 0 Å². The fourth-order valence-electron chi connectivity index (χ4n) is 1.32. The summed E-state index contributed by atoms with van der Waals surface area (Å²) in [6, 6.07) is 0. The van der Waals surface area contributed by atoms with Crippen molar-refractivity contribution in [3.05, 3.63) is 11.6 Å². The Balaban J connectivity index is 4.09. The molecule has 0 aromatic rings. The highest BCUT2D eigenvalue weighted by Crippen LogP contribution is 2.18. The molecule has 0 aromatic heterocycles. The van der Waals surface area contributed by atoms with Crippen LogP contribution < -0.4 is 0 Å². The lowest BCUT2D eigenvalue weighted by atomic mass is 9.92. The summed E-state index contributed by atoms with van der Waals surface area (Å²) < 4.78 is 5.14. The maximum atomic E-state index is 5.14. The SMILES string of the molecule is CC(C)C(=CCO[SiH3])C(C)C. The lowest BCUT2D eigenvalue weighted by molar-refractivity contribution is 0.396. The highest BCUT2D eigenvalue weighted by molar-refractivity contribution is 5.98. The third-order valence-electron chi connectivity index (χ3n) is 1.82. The summed E-state index contributed by atoms with van der Waals surface area (Å²) in [4.78, 5) is 0. The summed E-state index contributed by atoms with van der Waals surface area (Å²) in [5, 5.41) is 0. The van der Waals surface area contributed by atoms with Crippen LogP contribution in [0, 0.1) is 11.8 Å². The van der Waals surface area contributed by atoms with E-state index in [9.17, 15) is 0 Å². The fraction of sp³-hybridized carbons (Fsp3) is 0.778. The van der Waals surface area contributed by atoms with Gasteiger partial charge in [-0.15, -0.1) is 0 Å². The molecule has 0 aromatic carbocycles. The van der Waals surface area contributed by atoms with Crippen molar-refractivity contribution in [2.24, 2.45) is 11.8 Å². The van der Waals surface area contributed by atoms with Crippen LogP contribution in [0.15, 0.2) is 11.6 Å². The van der Waals surface area contributed by atoms with E-state index in [1.54, 1.807) is 0 Å². The first-order chi connectivity index (χ1) is 5.09. The molecule has 0 amide bonds. The van der Waals surface area contributed by atoms with Crippen LogP contribution in [-0.4, -0.2) is 17.1 Å². The number of allylic oxidation sites excluding steroid dienone is 1. The first-order valence-corrected chi connectivity index (χ1v) is 5.10. The molecule has 0 atom stereocenters. The van der Waals surface area contributed by atoms with Gasteiger partial charge in [0.1, 0.15) is 10.5 Å². The molecular formula is C9H20OSi. The third kappa shape index (κ3) is 4.38. The van der Waals surface area contributed by atoms with E-state index in [2.05, 4.69) is 33.8 Å². The van der Waals surface area contributed by atoms with E-state index >= 15 is 0 Å². The van der Waals surface area contributed by atoms with Crippen LogP contribution in [-0.2, 0) is 4.43 Å². The van der Waals surface area contributed by atoms with Gasteiger partial charge >= 0.3 is 0 Å². The number of rotatable bonds is 4. The largest absolute Gasteiger partial charge is 0.424 e. The Morgan fingerprint density at radius 3 is 2.00 bits per heavy atom. The van der Waals surface area contributed by atoms with Crippen molar-refractivity contribution in [3.8, 4) is 0 Å². The Bertz CT molecular complexity index is 118. The predicted octanol–water partition coefficient (Wildman–Crippen LogP) is 1.52. The quantitative estimate of drug-likeness (QED) is 0.461. The molecule has 0 saturated heterocycles. The summed E-state index contributed by atoms with van der Waals surface area (Å²) in [6.45, 7) is 9.74. The molecule has 2 heteroatoms. The highest BCUT2D eigenvalue weighted by atomic mass is 28.2. The van der Waals surface area contributed by atoms with Crippen molar-refractivity contribution in [2.75, 3.05) is 6.61 Å². The van der Waals surface area contributed by atoms with Gasteiger partial charge in [-0.05, 0) is 11.8 Å². The minimum atomic E-state index is 0.659. The minimum absolute atomic E-state index is 0.659. The summed E-state index contributed by atoms with van der Waals surface area (Å²) in [6.07, 6.45) is 2.22. The van der Waals surface area contributed by atoms with Crippen LogP contribution in [0.4, 0.5) is 0 Å². The van der Waals surface area contributed by atoms with Gasteiger partial charge in [0.05, 0.1) is 6.61 Å². The molecule has 0 spiro atoms. The van der Waals surface area contributed by atoms with Crippen LogP contribution in [0.25, 0.3) is 0 Å². The second-order valence-electron chi connectivity index (χ2n) is 3.47. The summed E-state index contributed by atoms with van der Waals surface area (Å²) >= 11 is 0. The molecule has 0 heterocycles. The van der Waals surface area contributed by atoms with Gasteiger partial charge in [0.25, 0.3) is 0 Å². The van der Waals surface area contributed by atoms with E-state index in [1.165, 1.54) is 5.57 Å². The van der Waals surface area contributed by atoms with Gasteiger partial charge in [0.2, 0.25) is 0 Å². The van der Waals surface area contributed by atoms with Crippen LogP contribution in [0.2, 0.25) is 0 Å². The molecule has 1 nitrogen and oxygen atoms in total. The van der Waals surface area contributed by atoms with E-state index in [0.29, 0.717) is 11.8 Å². The minimum Gasteiger partial charge on any atom is -0.424 e. The van der Waals surface area contributed by atoms with Crippen molar-refractivity contribution in [2.45, 2.75) is 27.7 Å². The van der Waals surface area contributed by atoms with Gasteiger partial charge < -0.3 is 4.43 Å². The smallest absolute Gasteiger partial charge is 0.146 e. The summed E-state index contributed by atoms with van der Waals surface area (Å²) in [7, 11) is 0.842. The molecule has 0 radical (unpaired) electrons. The van der Waals surface area contributed by atoms with Gasteiger partial charge in [-0.2, -0.15) is 0 Å². The van der Waals surface area contributed by atoms with Crippen molar-refractivity contribution in [1.29, 1.82) is 0 Å².